The lowest BCUT2D eigenvalue weighted by Gasteiger charge is -1.92. The van der Waals surface area contributed by atoms with Gasteiger partial charge in [-0.05, 0) is 12.1 Å². The molecule has 0 saturated heterocycles. The first kappa shape index (κ1) is 9.64. The van der Waals surface area contributed by atoms with E-state index in [1.165, 1.54) is 10.5 Å². The van der Waals surface area contributed by atoms with Gasteiger partial charge in [-0.3, -0.25) is 0 Å². The van der Waals surface area contributed by atoms with Crippen molar-refractivity contribution >= 4 is 31.1 Å². The van der Waals surface area contributed by atoms with Crippen LogP contribution in [0.3, 0.4) is 0 Å². The number of hydrogen-bond acceptors (Lipinski definition) is 3. The molecule has 0 aliphatic heterocycles. The lowest BCUT2D eigenvalue weighted by atomic mass is 10.3. The first-order chi connectivity index (χ1) is 5.42. The van der Waals surface area contributed by atoms with Gasteiger partial charge in [-0.2, -0.15) is 0 Å². The molecule has 0 N–H and O–H groups in total. The quantitative estimate of drug-likeness (QED) is 0.483. The number of ether oxygens (including phenoxy) is 1. The van der Waals surface area contributed by atoms with E-state index < -0.39 is 0 Å². The molecule has 0 atom stereocenters. The SMILES string of the molecule is COc1cccc2ns[s+]c12.[Cl-]. The first-order valence-corrected chi connectivity index (χ1v) is 5.24. The Balaban J connectivity index is 0.000000720. The zero-order valence-corrected chi connectivity index (χ0v) is 8.67. The van der Waals surface area contributed by atoms with Crippen molar-refractivity contribution < 1.29 is 17.1 Å². The molecule has 0 aliphatic rings. The molecule has 2 nitrogen and oxygen atoms in total. The molecule has 2 aromatic rings. The number of aromatic nitrogens is 1. The van der Waals surface area contributed by atoms with Gasteiger partial charge < -0.3 is 17.1 Å². The Bertz CT molecular complexity index is 376. The molecule has 5 heteroatoms. The summed E-state index contributed by atoms with van der Waals surface area (Å²) < 4.78 is 10.5. The minimum absolute atomic E-state index is 0. The monoisotopic (exact) mass is 219 g/mol. The first-order valence-electron chi connectivity index (χ1n) is 3.13. The van der Waals surface area contributed by atoms with E-state index in [0.717, 1.165) is 16.0 Å². The molecule has 2 rings (SSSR count). The molecule has 0 bridgehead atoms. The van der Waals surface area contributed by atoms with E-state index in [-0.39, 0.29) is 12.4 Å². The molecule has 0 spiro atoms. The van der Waals surface area contributed by atoms with Crippen LogP contribution < -0.4 is 17.1 Å². The van der Waals surface area contributed by atoms with Gasteiger partial charge in [-0.25, -0.2) is 0 Å². The summed E-state index contributed by atoms with van der Waals surface area (Å²) >= 11 is 0. The van der Waals surface area contributed by atoms with Crippen LogP contribution in [0.1, 0.15) is 0 Å². The predicted molar refractivity (Wildman–Crippen MR) is 48.5 cm³/mol. The molecule has 0 aliphatic carbocycles. The van der Waals surface area contributed by atoms with Crippen molar-refractivity contribution in [2.45, 2.75) is 0 Å². The highest BCUT2D eigenvalue weighted by Crippen LogP contribution is 2.30. The number of rotatable bonds is 1. The van der Waals surface area contributed by atoms with Gasteiger partial charge in [-0.15, -0.1) is 4.37 Å². The second-order valence-corrected chi connectivity index (χ2v) is 3.91. The normalized spacial score (nSPS) is 9.42. The van der Waals surface area contributed by atoms with Gasteiger partial charge in [0.15, 0.2) is 11.3 Å². The summed E-state index contributed by atoms with van der Waals surface area (Å²) in [6, 6.07) is 5.89. The van der Waals surface area contributed by atoms with Crippen LogP contribution >= 0.6 is 20.9 Å². The zero-order chi connectivity index (χ0) is 7.68. The number of halogens is 1. The van der Waals surface area contributed by atoms with Gasteiger partial charge in [0.25, 0.3) is 10.5 Å². The topological polar surface area (TPSA) is 22.1 Å². The van der Waals surface area contributed by atoms with Gasteiger partial charge in [0, 0.05) is 0 Å². The Morgan fingerprint density at radius 3 is 3.08 bits per heavy atom. The van der Waals surface area contributed by atoms with Gasteiger partial charge in [0.05, 0.1) is 7.11 Å². The maximum Gasteiger partial charge on any atom is 0.327 e. The van der Waals surface area contributed by atoms with Crippen LogP contribution in [0.2, 0.25) is 0 Å². The van der Waals surface area contributed by atoms with Crippen molar-refractivity contribution in [2.75, 3.05) is 7.11 Å². The third-order valence-corrected chi connectivity index (χ3v) is 3.30. The molecule has 1 aromatic heterocycles. The van der Waals surface area contributed by atoms with E-state index in [1.807, 2.05) is 18.2 Å². The molecule has 0 radical (unpaired) electrons. The van der Waals surface area contributed by atoms with Crippen LogP contribution in [0, 0.1) is 0 Å². The summed E-state index contributed by atoms with van der Waals surface area (Å²) in [6.07, 6.45) is 0. The average Bonchev–Trinajstić information content (AvgIpc) is 2.50. The number of fused-ring (bicyclic) bond motifs is 1. The van der Waals surface area contributed by atoms with Gasteiger partial charge in [0.1, 0.15) is 0 Å². The maximum atomic E-state index is 5.16. The van der Waals surface area contributed by atoms with Crippen LogP contribution in [0.5, 0.6) is 5.75 Å². The summed E-state index contributed by atoms with van der Waals surface area (Å²) in [4.78, 5) is 0. The van der Waals surface area contributed by atoms with Crippen LogP contribution in [0.15, 0.2) is 18.2 Å². The fraction of sp³-hybridized carbons (Fsp3) is 0.143. The predicted octanol–water partition coefficient (Wildman–Crippen LogP) is -0.349. The molecular weight excluding hydrogens is 214 g/mol. The third-order valence-electron chi connectivity index (χ3n) is 1.43. The fourth-order valence-corrected chi connectivity index (χ4v) is 2.83. The highest BCUT2D eigenvalue weighted by atomic mass is 35.5. The molecule has 0 amide bonds. The fourth-order valence-electron chi connectivity index (χ4n) is 0.917. The number of methoxy groups -OCH3 is 1. The molecule has 0 unspecified atom stereocenters. The van der Waals surface area contributed by atoms with Gasteiger partial charge in [0.2, 0.25) is 0 Å². The smallest absolute Gasteiger partial charge is 0.327 e. The van der Waals surface area contributed by atoms with E-state index in [1.54, 1.807) is 17.5 Å². The Kier molecular flexibility index (Phi) is 3.20. The minimum Gasteiger partial charge on any atom is -1.00 e. The molecule has 64 valence electrons. The molecule has 12 heavy (non-hydrogen) atoms. The minimum atomic E-state index is 0. The molecular formula is C7H6ClNOS2. The van der Waals surface area contributed by atoms with Crippen molar-refractivity contribution in [3.8, 4) is 5.75 Å². The summed E-state index contributed by atoms with van der Waals surface area (Å²) in [5.41, 5.74) is 1.03. The Morgan fingerprint density at radius 1 is 1.50 bits per heavy atom. The number of hydrogen-bond donors (Lipinski definition) is 0. The van der Waals surface area contributed by atoms with Crippen molar-refractivity contribution in [3.05, 3.63) is 18.2 Å². The average molecular weight is 220 g/mol. The molecule has 1 aromatic carbocycles. The number of benzene rings is 1. The summed E-state index contributed by atoms with van der Waals surface area (Å²) in [7, 11) is 4.82. The highest BCUT2D eigenvalue weighted by Gasteiger charge is 2.14. The molecule has 1 heterocycles. The van der Waals surface area contributed by atoms with Crippen molar-refractivity contribution in [1.29, 1.82) is 0 Å². The maximum absolute atomic E-state index is 5.16. The summed E-state index contributed by atoms with van der Waals surface area (Å²) in [5.74, 6) is 0.918. The van der Waals surface area contributed by atoms with E-state index >= 15 is 0 Å². The lowest BCUT2D eigenvalue weighted by molar-refractivity contribution is -0.00000240. The van der Waals surface area contributed by atoms with Crippen molar-refractivity contribution in [3.63, 3.8) is 0 Å². The van der Waals surface area contributed by atoms with Crippen molar-refractivity contribution in [2.24, 2.45) is 0 Å². The van der Waals surface area contributed by atoms with E-state index in [0.29, 0.717) is 0 Å². The summed E-state index contributed by atoms with van der Waals surface area (Å²) in [5, 5.41) is 0. The second kappa shape index (κ2) is 3.98. The lowest BCUT2D eigenvalue weighted by Crippen LogP contribution is -3.00. The van der Waals surface area contributed by atoms with E-state index in [9.17, 15) is 0 Å². The van der Waals surface area contributed by atoms with Crippen LogP contribution in [-0.4, -0.2) is 11.5 Å². The summed E-state index contributed by atoms with van der Waals surface area (Å²) in [6.45, 7) is 0. The largest absolute Gasteiger partial charge is 1.00 e. The van der Waals surface area contributed by atoms with E-state index in [4.69, 9.17) is 4.74 Å². The Labute approximate surface area is 83.8 Å². The Morgan fingerprint density at radius 2 is 2.33 bits per heavy atom. The van der Waals surface area contributed by atoms with Crippen LogP contribution in [0.4, 0.5) is 0 Å². The third kappa shape index (κ3) is 1.50. The Hall–Kier alpha value is -0.450. The van der Waals surface area contributed by atoms with Crippen molar-refractivity contribution in [1.82, 2.24) is 4.37 Å². The second-order valence-electron chi connectivity index (χ2n) is 2.06. The number of nitrogens with zero attached hydrogens (tertiary/aromatic N) is 1. The molecule has 0 saturated carbocycles. The van der Waals surface area contributed by atoms with E-state index in [2.05, 4.69) is 4.37 Å². The standard InChI is InChI=1S/C7H6NOS2.ClH/c1-9-6-4-2-3-5-7(6)10-11-8-5;/h2-4H,1H3;1H/q+1;/p-1. The van der Waals surface area contributed by atoms with Gasteiger partial charge in [-0.1, -0.05) is 6.07 Å². The van der Waals surface area contributed by atoms with Crippen LogP contribution in [0.25, 0.3) is 10.2 Å². The zero-order valence-electron chi connectivity index (χ0n) is 6.28. The highest BCUT2D eigenvalue weighted by molar-refractivity contribution is 7.70. The van der Waals surface area contributed by atoms with Gasteiger partial charge >= 0.3 is 15.0 Å². The molecule has 0 fully saturated rings. The van der Waals surface area contributed by atoms with Crippen LogP contribution in [-0.2, 0) is 0 Å².